The van der Waals surface area contributed by atoms with Crippen LogP contribution in [0.5, 0.6) is 0 Å². The molecule has 0 saturated carbocycles. The number of nitrogens with one attached hydrogen (secondary N) is 1. The van der Waals surface area contributed by atoms with Gasteiger partial charge in [0.2, 0.25) is 5.43 Å². The normalized spacial score (nSPS) is 10.7. The summed E-state index contributed by atoms with van der Waals surface area (Å²) < 4.78 is 0.692. The molecule has 1 heterocycles. The number of hydrogen-bond acceptors (Lipinski definition) is 4. The summed E-state index contributed by atoms with van der Waals surface area (Å²) in [5, 5.41) is 10.1. The molecule has 0 aliphatic carbocycles. The summed E-state index contributed by atoms with van der Waals surface area (Å²) in [5.41, 5.74) is 1.76. The molecule has 0 spiro atoms. The highest BCUT2D eigenvalue weighted by Gasteiger charge is 2.19. The Hall–Kier alpha value is -2.07. The van der Waals surface area contributed by atoms with Crippen molar-refractivity contribution in [3.05, 3.63) is 72.8 Å². The molecule has 130 valence electrons. The molecule has 2 aromatic carbocycles. The van der Waals surface area contributed by atoms with Crippen LogP contribution < -0.4 is 5.43 Å². The van der Waals surface area contributed by atoms with Crippen LogP contribution in [0.15, 0.2) is 50.7 Å². The molecular weight excluding hydrogens is 436 g/mol. The smallest absolute Gasteiger partial charge is 0.202 e. The zero-order chi connectivity index (χ0) is 18.8. The molecule has 0 aliphatic rings. The molecule has 26 heavy (non-hydrogen) atoms. The fourth-order valence-electron chi connectivity index (χ4n) is 2.61. The summed E-state index contributed by atoms with van der Waals surface area (Å²) in [6, 6.07) is 12.7. The molecule has 0 bridgehead atoms. The minimum Gasteiger partial charge on any atom is -0.348 e. The maximum absolute atomic E-state index is 12.9. The van der Waals surface area contributed by atoms with Crippen molar-refractivity contribution in [2.45, 2.75) is 17.7 Å². The number of pyridine rings is 1. The van der Waals surface area contributed by atoms with E-state index in [1.54, 1.807) is 30.3 Å². The number of hydrogen-bond donors (Lipinski definition) is 1. The molecule has 1 N–H and O–H groups in total. The predicted octanol–water partition coefficient (Wildman–Crippen LogP) is 5.31. The van der Waals surface area contributed by atoms with Crippen LogP contribution in [0.1, 0.15) is 28.4 Å². The van der Waals surface area contributed by atoms with E-state index in [4.69, 9.17) is 16.9 Å². The van der Waals surface area contributed by atoms with E-state index in [1.807, 2.05) is 6.07 Å². The molecule has 0 fully saturated rings. The molecule has 0 radical (unpaired) electrons. The van der Waals surface area contributed by atoms with Gasteiger partial charge in [0.15, 0.2) is 5.78 Å². The average molecular weight is 448 g/mol. The molecule has 0 saturated heterocycles. The Morgan fingerprint density at radius 3 is 2.81 bits per heavy atom. The Labute approximate surface area is 167 Å². The van der Waals surface area contributed by atoms with E-state index in [9.17, 15) is 9.59 Å². The number of aromatic amines is 1. The van der Waals surface area contributed by atoms with Gasteiger partial charge in [0, 0.05) is 10.2 Å². The molecule has 7 heteroatoms. The number of halogens is 2. The van der Waals surface area contributed by atoms with Gasteiger partial charge in [0.1, 0.15) is 0 Å². The van der Waals surface area contributed by atoms with Crippen molar-refractivity contribution >= 4 is 56.0 Å². The number of ketones is 1. The highest BCUT2D eigenvalue weighted by atomic mass is 79.9. The van der Waals surface area contributed by atoms with Crippen LogP contribution in [0.4, 0.5) is 0 Å². The van der Waals surface area contributed by atoms with E-state index in [0.29, 0.717) is 36.7 Å². The third-order valence-electron chi connectivity index (χ3n) is 3.81. The lowest BCUT2D eigenvalue weighted by Gasteiger charge is -2.11. The van der Waals surface area contributed by atoms with E-state index in [-0.39, 0.29) is 16.8 Å². The summed E-state index contributed by atoms with van der Waals surface area (Å²) in [5.74, 6) is 0.188. The molecule has 3 rings (SSSR count). The number of benzene rings is 2. The minimum atomic E-state index is -0.383. The fraction of sp³-hybridized carbons (Fsp3) is 0.105. The number of rotatable bonds is 4. The fourth-order valence-corrected chi connectivity index (χ4v) is 4.33. The van der Waals surface area contributed by atoms with E-state index in [0.717, 1.165) is 5.56 Å². The third-order valence-corrected chi connectivity index (χ3v) is 5.86. The number of nitrogens with zero attached hydrogens (tertiary/aromatic N) is 1. The Bertz CT molecular complexity index is 1130. The zero-order valence-corrected chi connectivity index (χ0v) is 16.8. The number of carbonyl (C=O) groups is 1. The van der Waals surface area contributed by atoms with Crippen LogP contribution in [0, 0.1) is 11.3 Å². The second-order valence-corrected chi connectivity index (χ2v) is 7.84. The molecule has 3 aromatic rings. The number of aromatic nitrogens is 1. The van der Waals surface area contributed by atoms with Gasteiger partial charge in [0.25, 0.3) is 0 Å². The topological polar surface area (TPSA) is 73.7 Å². The van der Waals surface area contributed by atoms with Crippen LogP contribution in [0.2, 0.25) is 5.02 Å². The van der Waals surface area contributed by atoms with Crippen molar-refractivity contribution in [1.29, 1.82) is 5.26 Å². The summed E-state index contributed by atoms with van der Waals surface area (Å²) in [4.78, 5) is 28.2. The van der Waals surface area contributed by atoms with Crippen molar-refractivity contribution in [2.75, 3.05) is 0 Å². The molecule has 0 aliphatic heterocycles. The van der Waals surface area contributed by atoms with Gasteiger partial charge in [-0.3, -0.25) is 9.59 Å². The van der Waals surface area contributed by atoms with Gasteiger partial charge in [-0.05, 0) is 52.7 Å². The number of thioether (sulfide) groups is 1. The number of nitriles is 1. The van der Waals surface area contributed by atoms with E-state index in [1.165, 1.54) is 18.7 Å². The predicted molar refractivity (Wildman–Crippen MR) is 108 cm³/mol. The quantitative estimate of drug-likeness (QED) is 0.434. The first-order valence-electron chi connectivity index (χ1n) is 7.59. The molecular formula is C19H12BrClN2O2S. The van der Waals surface area contributed by atoms with Crippen LogP contribution in [-0.4, -0.2) is 10.8 Å². The van der Waals surface area contributed by atoms with Crippen molar-refractivity contribution in [2.24, 2.45) is 0 Å². The third kappa shape index (κ3) is 3.56. The molecule has 0 atom stereocenters. The maximum Gasteiger partial charge on any atom is 0.202 e. The monoisotopic (exact) mass is 446 g/mol. The van der Waals surface area contributed by atoms with E-state index in [2.05, 4.69) is 27.0 Å². The Morgan fingerprint density at radius 2 is 2.12 bits per heavy atom. The van der Waals surface area contributed by atoms with Gasteiger partial charge in [-0.15, -0.1) is 11.8 Å². The van der Waals surface area contributed by atoms with Gasteiger partial charge in [-0.2, -0.15) is 5.26 Å². The lowest BCUT2D eigenvalue weighted by atomic mass is 10.1. The van der Waals surface area contributed by atoms with Crippen molar-refractivity contribution in [1.82, 2.24) is 4.98 Å². The second kappa shape index (κ2) is 7.67. The Kier molecular flexibility index (Phi) is 5.52. The molecule has 0 amide bonds. The first-order valence-corrected chi connectivity index (χ1v) is 9.74. The summed E-state index contributed by atoms with van der Waals surface area (Å²) in [6.45, 7) is 1.36. The molecule has 1 aromatic heterocycles. The van der Waals surface area contributed by atoms with Crippen LogP contribution in [0.25, 0.3) is 10.9 Å². The zero-order valence-electron chi connectivity index (χ0n) is 13.6. The van der Waals surface area contributed by atoms with Gasteiger partial charge in [0.05, 0.1) is 38.1 Å². The molecule has 0 unspecified atom stereocenters. The van der Waals surface area contributed by atoms with Crippen LogP contribution >= 0.6 is 39.3 Å². The Morgan fingerprint density at radius 1 is 1.35 bits per heavy atom. The maximum atomic E-state index is 12.9. The van der Waals surface area contributed by atoms with E-state index < -0.39 is 0 Å². The average Bonchev–Trinajstić information content (AvgIpc) is 2.62. The second-order valence-electron chi connectivity index (χ2n) is 5.59. The van der Waals surface area contributed by atoms with E-state index >= 15 is 0 Å². The minimum absolute atomic E-state index is 0.0962. The van der Waals surface area contributed by atoms with Gasteiger partial charge < -0.3 is 4.98 Å². The highest BCUT2D eigenvalue weighted by molar-refractivity contribution is 9.10. The SMILES string of the molecule is CC(=O)c1c(SCc2cccc(C#N)c2)[nH]c2c(Br)ccc(Cl)c2c1=O. The Balaban J connectivity index is 2.11. The number of fused-ring (bicyclic) bond motifs is 1. The summed E-state index contributed by atoms with van der Waals surface area (Å²) >= 11 is 10.9. The number of carbonyl (C=O) groups excluding carboxylic acids is 1. The van der Waals surface area contributed by atoms with Gasteiger partial charge >= 0.3 is 0 Å². The largest absolute Gasteiger partial charge is 0.348 e. The van der Waals surface area contributed by atoms with Gasteiger partial charge in [-0.25, -0.2) is 0 Å². The highest BCUT2D eigenvalue weighted by Crippen LogP contribution is 2.31. The van der Waals surface area contributed by atoms with Crippen LogP contribution in [0.3, 0.4) is 0 Å². The van der Waals surface area contributed by atoms with Gasteiger partial charge in [-0.1, -0.05) is 23.7 Å². The van der Waals surface area contributed by atoms with Crippen molar-refractivity contribution in [3.63, 3.8) is 0 Å². The first kappa shape index (κ1) is 18.7. The standard InChI is InChI=1S/C19H12BrClN2O2S/c1-10(24)15-18(25)16-14(21)6-5-13(20)17(16)23-19(15)26-9-12-4-2-3-11(7-12)8-22/h2-7H,9H2,1H3,(H,23,25). The number of H-pyrrole nitrogens is 1. The summed E-state index contributed by atoms with van der Waals surface area (Å²) in [7, 11) is 0. The lowest BCUT2D eigenvalue weighted by molar-refractivity contribution is 0.101. The van der Waals surface area contributed by atoms with Crippen LogP contribution in [-0.2, 0) is 5.75 Å². The van der Waals surface area contributed by atoms with Crippen molar-refractivity contribution < 1.29 is 4.79 Å². The summed E-state index contributed by atoms with van der Waals surface area (Å²) in [6.07, 6.45) is 0. The first-order chi connectivity index (χ1) is 12.4. The molecule has 4 nitrogen and oxygen atoms in total. The lowest BCUT2D eigenvalue weighted by Crippen LogP contribution is -2.17. The number of Topliss-reactive ketones (excluding diaryl/α,β-unsaturated/α-hetero) is 1. The van der Waals surface area contributed by atoms with Crippen molar-refractivity contribution in [3.8, 4) is 6.07 Å².